The van der Waals surface area contributed by atoms with Crippen molar-refractivity contribution < 1.29 is 32.5 Å². The predicted octanol–water partition coefficient (Wildman–Crippen LogP) is 4.09. The molecule has 0 fully saturated rings. The summed E-state index contributed by atoms with van der Waals surface area (Å²) < 4.78 is 27.8. The van der Waals surface area contributed by atoms with Crippen LogP contribution in [0.5, 0.6) is 0 Å². The molecule has 9 heteroatoms. The third-order valence-electron chi connectivity index (χ3n) is 4.72. The summed E-state index contributed by atoms with van der Waals surface area (Å²) >= 11 is 0. The van der Waals surface area contributed by atoms with Gasteiger partial charge in [-0.25, -0.2) is 4.79 Å². The van der Waals surface area contributed by atoms with Gasteiger partial charge in [-0.2, -0.15) is 0 Å². The lowest BCUT2D eigenvalue weighted by Crippen LogP contribution is -2.37. The first kappa shape index (κ1) is 29.3. The molecule has 0 aliphatic carbocycles. The molecule has 1 amide bonds. The maximum atomic E-state index is 12.0. The van der Waals surface area contributed by atoms with Gasteiger partial charge >= 0.3 is 6.09 Å². The number of carbonyl (C=O) groups is 1. The Morgan fingerprint density at radius 3 is 2.13 bits per heavy atom. The van der Waals surface area contributed by atoms with Crippen LogP contribution in [0, 0.1) is 5.92 Å². The van der Waals surface area contributed by atoms with E-state index in [-0.39, 0.29) is 25.7 Å². The zero-order valence-electron chi connectivity index (χ0n) is 19.8. The standard InChI is InChI=1S/C21H45N2O6P/c1-6-8-9-10-11-12-13-14-15-20(18-27-21(24)22-7-2)19-29-30(25,26)28-17-16-23(3,4)5/h20H,6-19H2,1-5H3,(H-,22,24,25,26). The SMILES string of the molecule is CCCCCCCCCCC(COC(=O)NCC)COP(=O)([O-])OCC[N+](C)(C)C. The number of unbranched alkanes of at least 4 members (excludes halogenated alkanes) is 7. The van der Waals surface area contributed by atoms with Crippen LogP contribution < -0.4 is 10.2 Å². The molecule has 8 nitrogen and oxygen atoms in total. The highest BCUT2D eigenvalue weighted by Crippen LogP contribution is 2.39. The summed E-state index contributed by atoms with van der Waals surface area (Å²) in [6.45, 7) is 5.21. The van der Waals surface area contributed by atoms with Crippen molar-refractivity contribution in [3.8, 4) is 0 Å². The van der Waals surface area contributed by atoms with Crippen molar-refractivity contribution in [3.05, 3.63) is 0 Å². The fraction of sp³-hybridized carbons (Fsp3) is 0.952. The Kier molecular flexibility index (Phi) is 16.6. The summed E-state index contributed by atoms with van der Waals surface area (Å²) in [4.78, 5) is 23.6. The van der Waals surface area contributed by atoms with Crippen LogP contribution in [-0.2, 0) is 18.3 Å². The van der Waals surface area contributed by atoms with Crippen molar-refractivity contribution in [3.63, 3.8) is 0 Å². The second kappa shape index (κ2) is 17.0. The molecule has 0 aromatic heterocycles. The number of nitrogens with zero attached hydrogens (tertiary/aromatic N) is 1. The third kappa shape index (κ3) is 19.3. The van der Waals surface area contributed by atoms with E-state index in [2.05, 4.69) is 12.2 Å². The Bertz CT molecular complexity index is 485. The summed E-state index contributed by atoms with van der Waals surface area (Å²) in [5, 5.41) is 2.57. The molecular formula is C21H45N2O6P. The Labute approximate surface area is 183 Å². The summed E-state index contributed by atoms with van der Waals surface area (Å²) in [7, 11) is 1.50. The van der Waals surface area contributed by atoms with E-state index in [1.807, 2.05) is 28.1 Å². The molecule has 0 aliphatic rings. The number of amides is 1. The minimum atomic E-state index is -4.37. The van der Waals surface area contributed by atoms with Crippen LogP contribution in [-0.4, -0.2) is 64.6 Å². The molecular weight excluding hydrogens is 407 g/mol. The van der Waals surface area contributed by atoms with Crippen molar-refractivity contribution in [2.45, 2.75) is 71.6 Å². The zero-order chi connectivity index (χ0) is 22.9. The molecule has 30 heavy (non-hydrogen) atoms. The van der Waals surface area contributed by atoms with E-state index in [4.69, 9.17) is 13.8 Å². The van der Waals surface area contributed by atoms with Crippen molar-refractivity contribution in [1.29, 1.82) is 0 Å². The molecule has 0 aliphatic heterocycles. The van der Waals surface area contributed by atoms with E-state index in [1.165, 1.54) is 38.5 Å². The Hall–Kier alpha value is -0.660. The van der Waals surface area contributed by atoms with Crippen molar-refractivity contribution in [2.75, 3.05) is 54.1 Å². The number of rotatable bonds is 19. The van der Waals surface area contributed by atoms with Crippen molar-refractivity contribution in [1.82, 2.24) is 5.32 Å². The Morgan fingerprint density at radius 1 is 0.967 bits per heavy atom. The van der Waals surface area contributed by atoms with E-state index in [9.17, 15) is 14.3 Å². The van der Waals surface area contributed by atoms with E-state index in [0.717, 1.165) is 19.3 Å². The van der Waals surface area contributed by atoms with E-state index < -0.39 is 13.9 Å². The smallest absolute Gasteiger partial charge is 0.407 e. The van der Waals surface area contributed by atoms with Crippen LogP contribution in [0.1, 0.15) is 71.6 Å². The number of hydrogen-bond acceptors (Lipinski definition) is 6. The lowest BCUT2D eigenvalue weighted by molar-refractivity contribution is -0.870. The number of alkyl carbamates (subject to hydrolysis) is 1. The summed E-state index contributed by atoms with van der Waals surface area (Å²) in [5.74, 6) is -0.183. The lowest BCUT2D eigenvalue weighted by atomic mass is 10.0. The van der Waals surface area contributed by atoms with Crippen LogP contribution in [0.15, 0.2) is 0 Å². The number of phosphoric acid groups is 1. The monoisotopic (exact) mass is 452 g/mol. The molecule has 0 saturated heterocycles. The number of hydrogen-bond donors (Lipinski definition) is 1. The van der Waals surface area contributed by atoms with Gasteiger partial charge in [0.05, 0.1) is 34.4 Å². The molecule has 2 unspecified atom stereocenters. The van der Waals surface area contributed by atoms with Gasteiger partial charge in [-0.15, -0.1) is 0 Å². The molecule has 0 spiro atoms. The average molecular weight is 453 g/mol. The fourth-order valence-corrected chi connectivity index (χ4v) is 3.60. The summed E-state index contributed by atoms with van der Waals surface area (Å²) in [6.07, 6.45) is 9.78. The maximum absolute atomic E-state index is 12.0. The van der Waals surface area contributed by atoms with E-state index in [0.29, 0.717) is 17.6 Å². The predicted molar refractivity (Wildman–Crippen MR) is 118 cm³/mol. The number of carbonyl (C=O) groups excluding carboxylic acids is 1. The van der Waals surface area contributed by atoms with Crippen LogP contribution in [0.2, 0.25) is 0 Å². The number of quaternary nitrogens is 1. The largest absolute Gasteiger partial charge is 0.756 e. The summed E-state index contributed by atoms with van der Waals surface area (Å²) in [5.41, 5.74) is 0. The minimum absolute atomic E-state index is 0.0406. The van der Waals surface area contributed by atoms with Gasteiger partial charge < -0.3 is 28.5 Å². The van der Waals surface area contributed by atoms with Gasteiger partial charge in [0.1, 0.15) is 13.2 Å². The molecule has 1 N–H and O–H groups in total. The first-order chi connectivity index (χ1) is 14.1. The molecule has 0 radical (unpaired) electrons. The molecule has 0 aromatic rings. The average Bonchev–Trinajstić information content (AvgIpc) is 2.64. The van der Waals surface area contributed by atoms with E-state index in [1.54, 1.807) is 0 Å². The van der Waals surface area contributed by atoms with Gasteiger partial charge in [0.25, 0.3) is 7.82 Å². The molecule has 2 atom stereocenters. The highest BCUT2D eigenvalue weighted by atomic mass is 31.2. The van der Waals surface area contributed by atoms with Crippen LogP contribution >= 0.6 is 7.82 Å². The Morgan fingerprint density at radius 2 is 1.57 bits per heavy atom. The van der Waals surface area contributed by atoms with Gasteiger partial charge in [-0.1, -0.05) is 58.3 Å². The molecule has 0 rings (SSSR count). The Balaban J connectivity index is 4.34. The van der Waals surface area contributed by atoms with E-state index >= 15 is 0 Å². The van der Waals surface area contributed by atoms with Gasteiger partial charge in [0, 0.05) is 12.5 Å². The van der Waals surface area contributed by atoms with Gasteiger partial charge in [-0.3, -0.25) is 4.57 Å². The highest BCUT2D eigenvalue weighted by molar-refractivity contribution is 7.45. The highest BCUT2D eigenvalue weighted by Gasteiger charge is 2.18. The third-order valence-corrected chi connectivity index (χ3v) is 5.68. The molecule has 0 saturated carbocycles. The van der Waals surface area contributed by atoms with Gasteiger partial charge in [0.15, 0.2) is 0 Å². The first-order valence-electron chi connectivity index (χ1n) is 11.4. The lowest BCUT2D eigenvalue weighted by Gasteiger charge is -2.28. The van der Waals surface area contributed by atoms with Gasteiger partial charge in [-0.05, 0) is 13.3 Å². The van der Waals surface area contributed by atoms with Crippen molar-refractivity contribution >= 4 is 13.9 Å². The normalized spacial score (nSPS) is 14.9. The first-order valence-corrected chi connectivity index (χ1v) is 12.9. The minimum Gasteiger partial charge on any atom is -0.756 e. The molecule has 0 aromatic carbocycles. The topological polar surface area (TPSA) is 96.9 Å². The zero-order valence-corrected chi connectivity index (χ0v) is 20.7. The number of phosphoric ester groups is 1. The number of likely N-dealkylation sites (N-methyl/N-ethyl adjacent to an activating group) is 1. The van der Waals surface area contributed by atoms with Crippen LogP contribution in [0.25, 0.3) is 0 Å². The molecule has 180 valence electrons. The number of ether oxygens (including phenoxy) is 1. The second-order valence-electron chi connectivity index (χ2n) is 8.85. The van der Waals surface area contributed by atoms with Crippen molar-refractivity contribution in [2.24, 2.45) is 5.92 Å². The molecule has 0 bridgehead atoms. The quantitative estimate of drug-likeness (QED) is 0.180. The molecule has 0 heterocycles. The fourth-order valence-electron chi connectivity index (χ4n) is 2.83. The second-order valence-corrected chi connectivity index (χ2v) is 10.3. The maximum Gasteiger partial charge on any atom is 0.407 e. The summed E-state index contributed by atoms with van der Waals surface area (Å²) in [6, 6.07) is 0. The van der Waals surface area contributed by atoms with Crippen LogP contribution in [0.3, 0.4) is 0 Å². The number of nitrogens with one attached hydrogen (secondary N) is 1. The van der Waals surface area contributed by atoms with Gasteiger partial charge in [0.2, 0.25) is 0 Å². The van der Waals surface area contributed by atoms with Crippen LogP contribution in [0.4, 0.5) is 4.79 Å².